The summed E-state index contributed by atoms with van der Waals surface area (Å²) in [6.45, 7) is 6.65. The Hall–Kier alpha value is -2.12. The molecule has 3 aromatic rings. The van der Waals surface area contributed by atoms with E-state index in [1.165, 1.54) is 22.1 Å². The van der Waals surface area contributed by atoms with Gasteiger partial charge in [0.25, 0.3) is 0 Å². The first-order valence-electron chi connectivity index (χ1n) is 9.67. The lowest BCUT2D eigenvalue weighted by molar-refractivity contribution is 0.254. The third-order valence-corrected chi connectivity index (χ3v) is 7.61. The second-order valence-electron chi connectivity index (χ2n) is 7.31. The lowest BCUT2D eigenvalue weighted by Gasteiger charge is -2.31. The molecule has 1 saturated heterocycles. The number of amidine groups is 1. The number of nitrogens with zero attached hydrogens (tertiary/aromatic N) is 5. The fourth-order valence-corrected chi connectivity index (χ4v) is 6.48. The normalized spacial score (nSPS) is 23.9. The quantitative estimate of drug-likeness (QED) is 0.613. The summed E-state index contributed by atoms with van der Waals surface area (Å²) in [6, 6.07) is 9.20. The zero-order chi connectivity index (χ0) is 19.3. The maximum atomic E-state index is 5.14. The van der Waals surface area contributed by atoms with Crippen LogP contribution in [0.15, 0.2) is 47.0 Å². The van der Waals surface area contributed by atoms with Gasteiger partial charge in [0.15, 0.2) is 10.3 Å². The minimum absolute atomic E-state index is 0.0308. The number of pyridine rings is 1. The van der Waals surface area contributed by atoms with Crippen LogP contribution in [0, 0.1) is 13.8 Å². The third kappa shape index (κ3) is 2.71. The Labute approximate surface area is 173 Å². The van der Waals surface area contributed by atoms with Crippen LogP contribution < -0.4 is 0 Å². The molecule has 0 bridgehead atoms. The van der Waals surface area contributed by atoms with Gasteiger partial charge in [0.05, 0.1) is 11.7 Å². The molecular formula is C21H23N5S2. The first-order chi connectivity index (χ1) is 13.7. The number of thioether (sulfide) groups is 1. The largest absolute Gasteiger partial charge is 0.338 e. The molecule has 5 heterocycles. The van der Waals surface area contributed by atoms with E-state index >= 15 is 0 Å². The zero-order valence-electron chi connectivity index (χ0n) is 16.2. The summed E-state index contributed by atoms with van der Waals surface area (Å²) in [4.78, 5) is 16.9. The minimum atomic E-state index is 0.0308. The Kier molecular flexibility index (Phi) is 4.51. The topological polar surface area (TPSA) is 46.3 Å². The van der Waals surface area contributed by atoms with Gasteiger partial charge in [-0.3, -0.25) is 14.5 Å². The Morgan fingerprint density at radius 3 is 2.79 bits per heavy atom. The van der Waals surface area contributed by atoms with Gasteiger partial charge in [-0.25, -0.2) is 4.98 Å². The molecule has 0 radical (unpaired) electrons. The average Bonchev–Trinajstić information content (AvgIpc) is 3.47. The molecule has 1 fully saturated rings. The van der Waals surface area contributed by atoms with Gasteiger partial charge < -0.3 is 4.90 Å². The Morgan fingerprint density at radius 1 is 1.18 bits per heavy atom. The Morgan fingerprint density at radius 2 is 2.07 bits per heavy atom. The molecule has 0 aromatic carbocycles. The summed E-state index contributed by atoms with van der Waals surface area (Å²) >= 11 is 3.56. The predicted octanol–water partition coefficient (Wildman–Crippen LogP) is 4.93. The van der Waals surface area contributed by atoms with Crippen molar-refractivity contribution in [3.05, 3.63) is 64.7 Å². The van der Waals surface area contributed by atoms with Gasteiger partial charge in [-0.1, -0.05) is 24.8 Å². The van der Waals surface area contributed by atoms with Crippen molar-refractivity contribution < 1.29 is 0 Å². The first kappa shape index (κ1) is 17.9. The number of rotatable bonds is 4. The fourth-order valence-electron chi connectivity index (χ4n) is 4.39. The van der Waals surface area contributed by atoms with E-state index in [2.05, 4.69) is 58.4 Å². The van der Waals surface area contributed by atoms with Crippen LogP contribution >= 0.6 is 23.1 Å². The SMILES string of the molecule is CC[C@H]1CSC2=N[C@H](c3ccccn3)[C@@H](c3cc(C)n(-c4nccs4)c3C)N21. The number of aryl methyl sites for hydroxylation is 1. The summed E-state index contributed by atoms with van der Waals surface area (Å²) in [7, 11) is 0. The molecule has 0 amide bonds. The smallest absolute Gasteiger partial charge is 0.193 e. The molecule has 3 atom stereocenters. The molecule has 2 aliphatic rings. The molecule has 0 aliphatic carbocycles. The molecule has 2 aliphatic heterocycles. The van der Waals surface area contributed by atoms with Crippen LogP contribution in [0.5, 0.6) is 0 Å². The number of aromatic nitrogens is 3. The van der Waals surface area contributed by atoms with Crippen LogP contribution in [0.3, 0.4) is 0 Å². The second-order valence-corrected chi connectivity index (χ2v) is 9.17. The molecule has 144 valence electrons. The molecule has 5 rings (SSSR count). The minimum Gasteiger partial charge on any atom is -0.338 e. The zero-order valence-corrected chi connectivity index (χ0v) is 17.9. The Bertz CT molecular complexity index is 1010. The standard InChI is InChI=1S/C21H23N5S2/c1-4-15-12-28-21-24-18(17-7-5-6-8-22-17)19(26(15)21)16-11-13(2)25(14(16)3)20-23-9-10-27-20/h5-11,15,18-19H,4,12H2,1-3H3/t15-,18+,19+/m0/s1. The molecule has 5 nitrogen and oxygen atoms in total. The number of hydrogen-bond donors (Lipinski definition) is 0. The van der Waals surface area contributed by atoms with E-state index in [0.29, 0.717) is 6.04 Å². The maximum Gasteiger partial charge on any atom is 0.193 e. The Balaban J connectivity index is 1.65. The fraction of sp³-hybridized carbons (Fsp3) is 0.381. The van der Waals surface area contributed by atoms with E-state index in [1.54, 1.807) is 11.3 Å². The van der Waals surface area contributed by atoms with E-state index < -0.39 is 0 Å². The molecule has 7 heteroatoms. The molecule has 0 N–H and O–H groups in total. The van der Waals surface area contributed by atoms with E-state index in [-0.39, 0.29) is 12.1 Å². The lowest BCUT2D eigenvalue weighted by atomic mass is 9.95. The van der Waals surface area contributed by atoms with Crippen LogP contribution in [0.2, 0.25) is 0 Å². The van der Waals surface area contributed by atoms with E-state index in [1.807, 2.05) is 35.6 Å². The molecule has 3 aromatic heterocycles. The van der Waals surface area contributed by atoms with Gasteiger partial charge >= 0.3 is 0 Å². The van der Waals surface area contributed by atoms with Gasteiger partial charge in [-0.05, 0) is 44.0 Å². The summed E-state index contributed by atoms with van der Waals surface area (Å²) in [6.07, 6.45) is 4.87. The predicted molar refractivity (Wildman–Crippen MR) is 116 cm³/mol. The molecule has 0 spiro atoms. The highest BCUT2D eigenvalue weighted by Gasteiger charge is 2.46. The average molecular weight is 410 g/mol. The summed E-state index contributed by atoms with van der Waals surface area (Å²) < 4.78 is 2.28. The highest BCUT2D eigenvalue weighted by Crippen LogP contribution is 2.49. The van der Waals surface area contributed by atoms with Crippen LogP contribution in [0.4, 0.5) is 0 Å². The van der Waals surface area contributed by atoms with Crippen molar-refractivity contribution in [3.8, 4) is 5.13 Å². The summed E-state index contributed by atoms with van der Waals surface area (Å²) in [5.74, 6) is 1.12. The number of aliphatic imine (C=N–C) groups is 1. The van der Waals surface area contributed by atoms with Crippen LogP contribution in [-0.4, -0.2) is 36.4 Å². The monoisotopic (exact) mass is 409 g/mol. The van der Waals surface area contributed by atoms with Crippen molar-refractivity contribution in [3.63, 3.8) is 0 Å². The summed E-state index contributed by atoms with van der Waals surface area (Å²) in [5, 5.41) is 4.23. The van der Waals surface area contributed by atoms with E-state index in [9.17, 15) is 0 Å². The second kappa shape index (κ2) is 7.04. The molecule has 28 heavy (non-hydrogen) atoms. The molecule has 0 saturated carbocycles. The summed E-state index contributed by atoms with van der Waals surface area (Å²) in [5.41, 5.74) is 4.85. The van der Waals surface area contributed by atoms with E-state index in [0.717, 1.165) is 23.0 Å². The number of hydrogen-bond acceptors (Lipinski definition) is 6. The maximum absolute atomic E-state index is 5.14. The van der Waals surface area contributed by atoms with Crippen molar-refractivity contribution in [2.24, 2.45) is 4.99 Å². The van der Waals surface area contributed by atoms with Gasteiger partial charge in [0.2, 0.25) is 0 Å². The van der Waals surface area contributed by atoms with Crippen molar-refractivity contribution in [1.29, 1.82) is 0 Å². The van der Waals surface area contributed by atoms with Gasteiger partial charge in [-0.15, -0.1) is 11.3 Å². The highest BCUT2D eigenvalue weighted by atomic mass is 32.2. The van der Waals surface area contributed by atoms with E-state index in [4.69, 9.17) is 4.99 Å². The van der Waals surface area contributed by atoms with Crippen molar-refractivity contribution in [1.82, 2.24) is 19.4 Å². The highest BCUT2D eigenvalue weighted by molar-refractivity contribution is 8.14. The lowest BCUT2D eigenvalue weighted by Crippen LogP contribution is -2.35. The van der Waals surface area contributed by atoms with Crippen molar-refractivity contribution in [2.75, 3.05) is 5.75 Å². The first-order valence-corrected chi connectivity index (χ1v) is 11.5. The van der Waals surface area contributed by atoms with Crippen LogP contribution in [0.1, 0.15) is 48.1 Å². The molecule has 0 unspecified atom stereocenters. The van der Waals surface area contributed by atoms with Gasteiger partial charge in [0.1, 0.15) is 6.04 Å². The third-order valence-electron chi connectivity index (χ3n) is 5.73. The van der Waals surface area contributed by atoms with Crippen molar-refractivity contribution >= 4 is 28.3 Å². The van der Waals surface area contributed by atoms with Crippen LogP contribution in [-0.2, 0) is 0 Å². The molecular weight excluding hydrogens is 386 g/mol. The number of thiazole rings is 1. The van der Waals surface area contributed by atoms with Crippen LogP contribution in [0.25, 0.3) is 5.13 Å². The number of fused-ring (bicyclic) bond motifs is 1. The van der Waals surface area contributed by atoms with Crippen molar-refractivity contribution in [2.45, 2.75) is 45.3 Å². The van der Waals surface area contributed by atoms with Gasteiger partial charge in [0, 0.05) is 41.0 Å². The van der Waals surface area contributed by atoms with Gasteiger partial charge in [-0.2, -0.15) is 0 Å².